The first-order valence-electron chi connectivity index (χ1n) is 6.35. The Morgan fingerprint density at radius 1 is 1.24 bits per heavy atom. The molecular weight excluding hydrogens is 214 g/mol. The SMILES string of the molecule is CNC(c1nccnc1OC)C1CC2CC2C1. The van der Waals surface area contributed by atoms with Crippen LogP contribution in [-0.2, 0) is 0 Å². The second kappa shape index (κ2) is 4.26. The Morgan fingerprint density at radius 2 is 1.94 bits per heavy atom. The van der Waals surface area contributed by atoms with Crippen molar-refractivity contribution in [1.29, 1.82) is 0 Å². The molecular formula is C13H19N3O. The highest BCUT2D eigenvalue weighted by atomic mass is 16.5. The smallest absolute Gasteiger partial charge is 0.237 e. The van der Waals surface area contributed by atoms with E-state index in [0.717, 1.165) is 17.5 Å². The number of methoxy groups -OCH3 is 1. The highest BCUT2D eigenvalue weighted by Crippen LogP contribution is 2.57. The molecule has 1 N–H and O–H groups in total. The highest BCUT2D eigenvalue weighted by Gasteiger charge is 2.48. The fourth-order valence-corrected chi connectivity index (χ4v) is 3.34. The molecule has 3 atom stereocenters. The molecule has 3 unspecified atom stereocenters. The van der Waals surface area contributed by atoms with Gasteiger partial charge in [-0.05, 0) is 44.1 Å². The van der Waals surface area contributed by atoms with E-state index in [-0.39, 0.29) is 6.04 Å². The monoisotopic (exact) mass is 233 g/mol. The van der Waals surface area contributed by atoms with Crippen molar-refractivity contribution in [2.45, 2.75) is 25.3 Å². The Kier molecular flexibility index (Phi) is 2.74. The molecule has 4 nitrogen and oxygen atoms in total. The van der Waals surface area contributed by atoms with Crippen molar-refractivity contribution in [3.8, 4) is 5.88 Å². The molecule has 0 amide bonds. The second-order valence-corrected chi connectivity index (χ2v) is 5.20. The highest BCUT2D eigenvalue weighted by molar-refractivity contribution is 5.23. The van der Waals surface area contributed by atoms with Crippen molar-refractivity contribution in [3.05, 3.63) is 18.1 Å². The number of nitrogens with zero attached hydrogens (tertiary/aromatic N) is 2. The van der Waals surface area contributed by atoms with Crippen molar-refractivity contribution >= 4 is 0 Å². The summed E-state index contributed by atoms with van der Waals surface area (Å²) in [6.07, 6.45) is 7.54. The molecule has 0 aromatic carbocycles. The van der Waals surface area contributed by atoms with E-state index in [9.17, 15) is 0 Å². The first-order valence-corrected chi connectivity index (χ1v) is 6.35. The van der Waals surface area contributed by atoms with Crippen LogP contribution in [0.4, 0.5) is 0 Å². The van der Waals surface area contributed by atoms with Crippen molar-refractivity contribution in [2.75, 3.05) is 14.2 Å². The third kappa shape index (κ3) is 1.90. The van der Waals surface area contributed by atoms with Gasteiger partial charge in [0, 0.05) is 12.4 Å². The van der Waals surface area contributed by atoms with Crippen LogP contribution in [0, 0.1) is 17.8 Å². The maximum absolute atomic E-state index is 5.31. The maximum atomic E-state index is 5.31. The van der Waals surface area contributed by atoms with E-state index in [1.165, 1.54) is 19.3 Å². The summed E-state index contributed by atoms with van der Waals surface area (Å²) in [6, 6.07) is 0.284. The van der Waals surface area contributed by atoms with Gasteiger partial charge < -0.3 is 10.1 Å². The molecule has 2 saturated carbocycles. The van der Waals surface area contributed by atoms with Crippen LogP contribution in [-0.4, -0.2) is 24.1 Å². The van der Waals surface area contributed by atoms with E-state index in [2.05, 4.69) is 15.3 Å². The lowest BCUT2D eigenvalue weighted by atomic mass is 9.92. The molecule has 3 rings (SSSR count). The summed E-state index contributed by atoms with van der Waals surface area (Å²) in [5.74, 6) is 3.32. The summed E-state index contributed by atoms with van der Waals surface area (Å²) in [5, 5.41) is 3.39. The number of hydrogen-bond donors (Lipinski definition) is 1. The van der Waals surface area contributed by atoms with Gasteiger partial charge in [0.1, 0.15) is 5.69 Å². The predicted octanol–water partition coefficient (Wildman–Crippen LogP) is 1.79. The van der Waals surface area contributed by atoms with E-state index in [0.29, 0.717) is 11.8 Å². The van der Waals surface area contributed by atoms with Crippen molar-refractivity contribution < 1.29 is 4.74 Å². The van der Waals surface area contributed by atoms with Crippen LogP contribution in [0.15, 0.2) is 12.4 Å². The summed E-state index contributed by atoms with van der Waals surface area (Å²) in [7, 11) is 3.66. The van der Waals surface area contributed by atoms with Gasteiger partial charge in [-0.25, -0.2) is 4.98 Å². The molecule has 2 fully saturated rings. The Balaban J connectivity index is 1.83. The van der Waals surface area contributed by atoms with Crippen LogP contribution in [0.25, 0.3) is 0 Å². The summed E-state index contributed by atoms with van der Waals surface area (Å²) in [5.41, 5.74) is 0.962. The lowest BCUT2D eigenvalue weighted by molar-refractivity contribution is 0.326. The molecule has 0 radical (unpaired) electrons. The lowest BCUT2D eigenvalue weighted by Crippen LogP contribution is -2.26. The molecule has 0 aliphatic heterocycles. The average molecular weight is 233 g/mol. The molecule has 2 aliphatic carbocycles. The van der Waals surface area contributed by atoms with Crippen LogP contribution in [0.1, 0.15) is 31.0 Å². The zero-order valence-electron chi connectivity index (χ0n) is 10.4. The van der Waals surface area contributed by atoms with Gasteiger partial charge in [0.25, 0.3) is 0 Å². The van der Waals surface area contributed by atoms with E-state index in [4.69, 9.17) is 4.74 Å². The minimum Gasteiger partial charge on any atom is -0.480 e. The summed E-state index contributed by atoms with van der Waals surface area (Å²) in [6.45, 7) is 0. The average Bonchev–Trinajstić information content (AvgIpc) is 2.98. The molecule has 0 saturated heterocycles. The van der Waals surface area contributed by atoms with Gasteiger partial charge in [-0.15, -0.1) is 0 Å². The Morgan fingerprint density at radius 3 is 2.59 bits per heavy atom. The zero-order valence-corrected chi connectivity index (χ0v) is 10.4. The fraction of sp³-hybridized carbons (Fsp3) is 0.692. The molecule has 0 spiro atoms. The molecule has 92 valence electrons. The summed E-state index contributed by atoms with van der Waals surface area (Å²) >= 11 is 0. The molecule has 1 heterocycles. The standard InChI is InChI=1S/C13H19N3O/c1-14-11(10-6-8-5-9(8)7-10)12-13(17-2)16-4-3-15-12/h3-4,8-11,14H,5-7H2,1-2H3. The van der Waals surface area contributed by atoms with Crippen LogP contribution < -0.4 is 10.1 Å². The van der Waals surface area contributed by atoms with Crippen molar-refractivity contribution in [2.24, 2.45) is 17.8 Å². The molecule has 1 aromatic rings. The van der Waals surface area contributed by atoms with E-state index in [1.807, 2.05) is 7.05 Å². The minimum atomic E-state index is 0.284. The number of ether oxygens (including phenoxy) is 1. The zero-order chi connectivity index (χ0) is 11.8. The topological polar surface area (TPSA) is 47.0 Å². The first-order chi connectivity index (χ1) is 8.33. The van der Waals surface area contributed by atoms with E-state index >= 15 is 0 Å². The van der Waals surface area contributed by atoms with Crippen LogP contribution in [0.5, 0.6) is 5.88 Å². The Labute approximate surface area is 102 Å². The fourth-order valence-electron chi connectivity index (χ4n) is 3.34. The van der Waals surface area contributed by atoms with Crippen LogP contribution >= 0.6 is 0 Å². The first kappa shape index (κ1) is 11.0. The van der Waals surface area contributed by atoms with Gasteiger partial charge in [0.05, 0.1) is 13.2 Å². The van der Waals surface area contributed by atoms with Gasteiger partial charge >= 0.3 is 0 Å². The molecule has 2 aliphatic rings. The largest absolute Gasteiger partial charge is 0.480 e. The molecule has 0 bridgehead atoms. The summed E-state index contributed by atoms with van der Waals surface area (Å²) in [4.78, 5) is 8.70. The van der Waals surface area contributed by atoms with E-state index < -0.39 is 0 Å². The van der Waals surface area contributed by atoms with Gasteiger partial charge in [-0.3, -0.25) is 4.98 Å². The molecule has 17 heavy (non-hydrogen) atoms. The number of aromatic nitrogens is 2. The third-order valence-corrected chi connectivity index (χ3v) is 4.24. The summed E-state index contributed by atoms with van der Waals surface area (Å²) < 4.78 is 5.31. The third-order valence-electron chi connectivity index (χ3n) is 4.24. The van der Waals surface area contributed by atoms with Gasteiger partial charge in [-0.2, -0.15) is 0 Å². The van der Waals surface area contributed by atoms with Crippen LogP contribution in [0.3, 0.4) is 0 Å². The number of rotatable bonds is 4. The van der Waals surface area contributed by atoms with E-state index in [1.54, 1.807) is 19.5 Å². The second-order valence-electron chi connectivity index (χ2n) is 5.20. The van der Waals surface area contributed by atoms with Gasteiger partial charge in [0.2, 0.25) is 5.88 Å². The quantitative estimate of drug-likeness (QED) is 0.861. The molecule has 4 heteroatoms. The normalized spacial score (nSPS) is 32.0. The van der Waals surface area contributed by atoms with Gasteiger partial charge in [0.15, 0.2) is 0 Å². The lowest BCUT2D eigenvalue weighted by Gasteiger charge is -2.24. The Bertz CT molecular complexity index is 399. The molecule has 1 aromatic heterocycles. The van der Waals surface area contributed by atoms with Gasteiger partial charge in [-0.1, -0.05) is 0 Å². The Hall–Kier alpha value is -1.16. The number of nitrogens with one attached hydrogen (secondary N) is 1. The van der Waals surface area contributed by atoms with Crippen LogP contribution in [0.2, 0.25) is 0 Å². The number of hydrogen-bond acceptors (Lipinski definition) is 4. The minimum absolute atomic E-state index is 0.284. The maximum Gasteiger partial charge on any atom is 0.237 e. The predicted molar refractivity (Wildman–Crippen MR) is 64.7 cm³/mol. The van der Waals surface area contributed by atoms with Crippen molar-refractivity contribution in [1.82, 2.24) is 15.3 Å². The number of fused-ring (bicyclic) bond motifs is 1. The van der Waals surface area contributed by atoms with Crippen molar-refractivity contribution in [3.63, 3.8) is 0 Å².